The zero-order valence-electron chi connectivity index (χ0n) is 14.9. The molecule has 1 atom stereocenters. The van der Waals surface area contributed by atoms with Crippen LogP contribution in [0.5, 0.6) is 0 Å². The zero-order chi connectivity index (χ0) is 17.5. The van der Waals surface area contributed by atoms with E-state index in [1.54, 1.807) is 17.3 Å². The van der Waals surface area contributed by atoms with E-state index in [1.807, 2.05) is 19.1 Å². The predicted octanol–water partition coefficient (Wildman–Crippen LogP) is 1.28. The van der Waals surface area contributed by atoms with Gasteiger partial charge in [0, 0.05) is 45.1 Å². The van der Waals surface area contributed by atoms with Crippen LogP contribution in [-0.4, -0.2) is 58.8 Å². The third-order valence-electron chi connectivity index (χ3n) is 4.27. The molecular formula is C18H28N4O2. The monoisotopic (exact) mass is 332 g/mol. The number of rotatable bonds is 7. The minimum Gasteiger partial charge on any atom is -0.353 e. The van der Waals surface area contributed by atoms with Crippen molar-refractivity contribution in [1.29, 1.82) is 0 Å². The second-order valence-corrected chi connectivity index (χ2v) is 6.66. The average Bonchev–Trinajstić information content (AvgIpc) is 2.56. The van der Waals surface area contributed by atoms with Gasteiger partial charge in [0.1, 0.15) is 0 Å². The number of hydrogen-bond donors (Lipinski definition) is 1. The van der Waals surface area contributed by atoms with Gasteiger partial charge < -0.3 is 10.2 Å². The Morgan fingerprint density at radius 3 is 2.75 bits per heavy atom. The second kappa shape index (κ2) is 8.78. The number of nitrogens with one attached hydrogen (secondary N) is 1. The SMILES string of the molecule is CCN(Cc1ccncc1)C(=O)CC1C(=O)NCCN1CC(C)C. The van der Waals surface area contributed by atoms with Gasteiger partial charge in [-0.15, -0.1) is 0 Å². The van der Waals surface area contributed by atoms with Crippen LogP contribution in [0.3, 0.4) is 0 Å². The number of piperazine rings is 1. The molecule has 0 bridgehead atoms. The van der Waals surface area contributed by atoms with Crippen LogP contribution in [0, 0.1) is 5.92 Å². The molecule has 1 N–H and O–H groups in total. The van der Waals surface area contributed by atoms with Gasteiger partial charge in [-0.3, -0.25) is 19.5 Å². The fourth-order valence-corrected chi connectivity index (χ4v) is 3.05. The maximum absolute atomic E-state index is 12.7. The molecule has 0 radical (unpaired) electrons. The van der Waals surface area contributed by atoms with E-state index in [2.05, 4.69) is 29.0 Å². The van der Waals surface area contributed by atoms with Crippen molar-refractivity contribution in [2.45, 2.75) is 39.8 Å². The van der Waals surface area contributed by atoms with Gasteiger partial charge in [-0.05, 0) is 30.5 Å². The predicted molar refractivity (Wildman–Crippen MR) is 93.2 cm³/mol. The normalized spacial score (nSPS) is 18.5. The van der Waals surface area contributed by atoms with E-state index in [1.165, 1.54) is 0 Å². The van der Waals surface area contributed by atoms with Gasteiger partial charge in [-0.25, -0.2) is 0 Å². The van der Waals surface area contributed by atoms with Crippen molar-refractivity contribution >= 4 is 11.8 Å². The zero-order valence-corrected chi connectivity index (χ0v) is 14.9. The lowest BCUT2D eigenvalue weighted by atomic mass is 10.1. The van der Waals surface area contributed by atoms with Crippen molar-refractivity contribution in [2.24, 2.45) is 5.92 Å². The van der Waals surface area contributed by atoms with Crippen molar-refractivity contribution in [1.82, 2.24) is 20.1 Å². The van der Waals surface area contributed by atoms with Crippen molar-refractivity contribution in [3.05, 3.63) is 30.1 Å². The van der Waals surface area contributed by atoms with Gasteiger partial charge in [0.2, 0.25) is 11.8 Å². The molecule has 1 fully saturated rings. The molecule has 2 heterocycles. The maximum atomic E-state index is 12.7. The van der Waals surface area contributed by atoms with Crippen LogP contribution >= 0.6 is 0 Å². The number of aromatic nitrogens is 1. The molecule has 132 valence electrons. The molecule has 2 rings (SSSR count). The van der Waals surface area contributed by atoms with E-state index in [0.29, 0.717) is 25.6 Å². The van der Waals surface area contributed by atoms with Crippen molar-refractivity contribution < 1.29 is 9.59 Å². The third-order valence-corrected chi connectivity index (χ3v) is 4.27. The molecule has 1 aliphatic heterocycles. The van der Waals surface area contributed by atoms with E-state index < -0.39 is 0 Å². The lowest BCUT2D eigenvalue weighted by Crippen LogP contribution is -2.57. The van der Waals surface area contributed by atoms with Crippen LogP contribution in [0.1, 0.15) is 32.8 Å². The Morgan fingerprint density at radius 2 is 2.12 bits per heavy atom. The Bertz CT molecular complexity index is 547. The molecule has 1 aromatic rings. The van der Waals surface area contributed by atoms with Crippen molar-refractivity contribution in [3.8, 4) is 0 Å². The number of carbonyl (C=O) groups excluding carboxylic acids is 2. The summed E-state index contributed by atoms with van der Waals surface area (Å²) in [4.78, 5) is 32.9. The Balaban J connectivity index is 2.02. The number of nitrogens with zero attached hydrogens (tertiary/aromatic N) is 3. The van der Waals surface area contributed by atoms with E-state index in [9.17, 15) is 9.59 Å². The van der Waals surface area contributed by atoms with Crippen molar-refractivity contribution in [2.75, 3.05) is 26.2 Å². The number of amides is 2. The quantitative estimate of drug-likeness (QED) is 0.817. The third kappa shape index (κ3) is 5.03. The lowest BCUT2D eigenvalue weighted by molar-refractivity contribution is -0.139. The van der Waals surface area contributed by atoms with E-state index in [-0.39, 0.29) is 24.3 Å². The molecule has 0 saturated carbocycles. The summed E-state index contributed by atoms with van der Waals surface area (Å²) in [5.41, 5.74) is 1.05. The summed E-state index contributed by atoms with van der Waals surface area (Å²) in [5, 5.41) is 2.89. The van der Waals surface area contributed by atoms with Crippen LogP contribution in [-0.2, 0) is 16.1 Å². The number of pyridine rings is 1. The van der Waals surface area contributed by atoms with E-state index in [0.717, 1.165) is 18.7 Å². The Morgan fingerprint density at radius 1 is 1.42 bits per heavy atom. The highest BCUT2D eigenvalue weighted by Gasteiger charge is 2.32. The van der Waals surface area contributed by atoms with E-state index >= 15 is 0 Å². The fourth-order valence-electron chi connectivity index (χ4n) is 3.05. The molecule has 6 heteroatoms. The van der Waals surface area contributed by atoms with Gasteiger partial charge in [0.05, 0.1) is 12.5 Å². The molecule has 2 amide bonds. The summed E-state index contributed by atoms with van der Waals surface area (Å²) >= 11 is 0. The van der Waals surface area contributed by atoms with Crippen molar-refractivity contribution in [3.63, 3.8) is 0 Å². The summed E-state index contributed by atoms with van der Waals surface area (Å²) in [6, 6.07) is 3.46. The highest BCUT2D eigenvalue weighted by molar-refractivity contribution is 5.88. The van der Waals surface area contributed by atoms with Gasteiger partial charge in [0.25, 0.3) is 0 Å². The summed E-state index contributed by atoms with van der Waals surface area (Å²) in [5.74, 6) is 0.452. The van der Waals surface area contributed by atoms with Gasteiger partial charge in [-0.1, -0.05) is 13.8 Å². The summed E-state index contributed by atoms with van der Waals surface area (Å²) in [6.07, 6.45) is 3.69. The van der Waals surface area contributed by atoms with Crippen LogP contribution in [0.25, 0.3) is 0 Å². The Hall–Kier alpha value is -1.95. The van der Waals surface area contributed by atoms with E-state index in [4.69, 9.17) is 0 Å². The van der Waals surface area contributed by atoms with Gasteiger partial charge in [0.15, 0.2) is 0 Å². The molecule has 0 spiro atoms. The molecule has 1 aliphatic rings. The van der Waals surface area contributed by atoms with Gasteiger partial charge in [-0.2, -0.15) is 0 Å². The minimum atomic E-state index is -0.361. The molecule has 6 nitrogen and oxygen atoms in total. The standard InChI is InChI=1S/C18H28N4O2/c1-4-21(13-15-5-7-19-8-6-15)17(23)11-16-18(24)20-9-10-22(16)12-14(2)3/h5-8,14,16H,4,9-13H2,1-3H3,(H,20,24). The number of hydrogen-bond acceptors (Lipinski definition) is 4. The second-order valence-electron chi connectivity index (χ2n) is 6.66. The average molecular weight is 332 g/mol. The first kappa shape index (κ1) is 18.4. The van der Waals surface area contributed by atoms with Crippen LogP contribution in [0.2, 0.25) is 0 Å². The summed E-state index contributed by atoms with van der Waals surface area (Å²) in [6.45, 7) is 9.70. The summed E-state index contributed by atoms with van der Waals surface area (Å²) < 4.78 is 0. The first-order chi connectivity index (χ1) is 11.5. The molecule has 0 aromatic carbocycles. The molecule has 1 saturated heterocycles. The van der Waals surface area contributed by atoms with Crippen LogP contribution < -0.4 is 5.32 Å². The van der Waals surface area contributed by atoms with Gasteiger partial charge >= 0.3 is 0 Å². The van der Waals surface area contributed by atoms with Crippen LogP contribution in [0.4, 0.5) is 0 Å². The summed E-state index contributed by atoms with van der Waals surface area (Å²) in [7, 11) is 0. The lowest BCUT2D eigenvalue weighted by Gasteiger charge is -2.36. The fraction of sp³-hybridized carbons (Fsp3) is 0.611. The molecule has 0 aliphatic carbocycles. The maximum Gasteiger partial charge on any atom is 0.237 e. The highest BCUT2D eigenvalue weighted by atomic mass is 16.2. The Kier molecular flexibility index (Phi) is 6.73. The first-order valence-electron chi connectivity index (χ1n) is 8.69. The largest absolute Gasteiger partial charge is 0.353 e. The molecule has 1 aromatic heterocycles. The number of carbonyl (C=O) groups is 2. The molecule has 24 heavy (non-hydrogen) atoms. The Labute approximate surface area is 144 Å². The smallest absolute Gasteiger partial charge is 0.237 e. The minimum absolute atomic E-state index is 0.0186. The topological polar surface area (TPSA) is 65.5 Å². The van der Waals surface area contributed by atoms with Crippen LogP contribution in [0.15, 0.2) is 24.5 Å². The molecular weight excluding hydrogens is 304 g/mol. The molecule has 1 unspecified atom stereocenters. The first-order valence-corrected chi connectivity index (χ1v) is 8.69. The highest BCUT2D eigenvalue weighted by Crippen LogP contribution is 2.14.